The molecule has 1 atom stereocenters. The van der Waals surface area contributed by atoms with Gasteiger partial charge in [-0.3, -0.25) is 4.79 Å². The molecule has 3 rings (SSSR count). The molecular weight excluding hydrogens is 372 g/mol. The largest absolute Gasteiger partial charge is 0.462 e. The monoisotopic (exact) mass is 400 g/mol. The molecule has 1 amide bonds. The number of rotatable bonds is 8. The van der Waals surface area contributed by atoms with Crippen LogP contribution >= 0.6 is 11.3 Å². The summed E-state index contributed by atoms with van der Waals surface area (Å²) in [6.45, 7) is 5.29. The average molecular weight is 401 g/mol. The predicted octanol–water partition coefficient (Wildman–Crippen LogP) is 3.82. The first-order valence-electron chi connectivity index (χ1n) is 9.94. The molecule has 5 nitrogen and oxygen atoms in total. The van der Waals surface area contributed by atoms with Gasteiger partial charge in [0.05, 0.1) is 18.7 Å². The highest BCUT2D eigenvalue weighted by Gasteiger charge is 2.29. The number of hydrogen-bond acceptors (Lipinski definition) is 5. The molecule has 0 fully saturated rings. The first kappa shape index (κ1) is 20.6. The Morgan fingerprint density at radius 3 is 2.79 bits per heavy atom. The minimum Gasteiger partial charge on any atom is -0.462 e. The van der Waals surface area contributed by atoms with Gasteiger partial charge in [0.2, 0.25) is 5.91 Å². The first-order chi connectivity index (χ1) is 13.6. The van der Waals surface area contributed by atoms with E-state index in [-0.39, 0.29) is 18.4 Å². The lowest BCUT2D eigenvalue weighted by Gasteiger charge is -2.18. The van der Waals surface area contributed by atoms with Crippen molar-refractivity contribution in [2.45, 2.75) is 39.5 Å². The maximum absolute atomic E-state index is 12.5. The van der Waals surface area contributed by atoms with E-state index in [1.807, 2.05) is 18.2 Å². The molecule has 0 saturated heterocycles. The van der Waals surface area contributed by atoms with Crippen LogP contribution in [-0.4, -0.2) is 31.6 Å². The average Bonchev–Trinajstić information content (AvgIpc) is 3.03. The summed E-state index contributed by atoms with van der Waals surface area (Å²) in [5.74, 6) is 0.136. The van der Waals surface area contributed by atoms with E-state index in [0.29, 0.717) is 23.1 Å². The molecule has 0 radical (unpaired) electrons. The molecule has 2 N–H and O–H groups in total. The number of hydrogen-bond donors (Lipinski definition) is 2. The molecule has 1 aromatic heterocycles. The van der Waals surface area contributed by atoms with Gasteiger partial charge < -0.3 is 15.4 Å². The van der Waals surface area contributed by atoms with Crippen LogP contribution < -0.4 is 10.6 Å². The Bertz CT molecular complexity index is 817. The van der Waals surface area contributed by atoms with Crippen LogP contribution in [0.1, 0.15) is 46.6 Å². The zero-order valence-corrected chi connectivity index (χ0v) is 17.4. The molecule has 0 unspecified atom stereocenters. The van der Waals surface area contributed by atoms with Crippen LogP contribution in [0.5, 0.6) is 0 Å². The minimum atomic E-state index is -0.332. The lowest BCUT2D eigenvalue weighted by molar-refractivity contribution is -0.115. The van der Waals surface area contributed by atoms with E-state index in [0.717, 1.165) is 37.8 Å². The fourth-order valence-corrected chi connectivity index (χ4v) is 4.92. The van der Waals surface area contributed by atoms with Crippen molar-refractivity contribution in [2.75, 3.05) is 25.0 Å². The second-order valence-electron chi connectivity index (χ2n) is 7.24. The SMILES string of the molecule is CCOC(=O)c1c(NC(=O)CNCCc2ccccc2)sc2c1CC[C@H](C)C2. The minimum absolute atomic E-state index is 0.134. The summed E-state index contributed by atoms with van der Waals surface area (Å²) in [4.78, 5) is 26.1. The number of carbonyl (C=O) groups is 2. The summed E-state index contributed by atoms with van der Waals surface area (Å²) in [6.07, 6.45) is 3.75. The molecule has 2 aromatic rings. The first-order valence-corrected chi connectivity index (χ1v) is 10.8. The van der Waals surface area contributed by atoms with Crippen molar-refractivity contribution in [2.24, 2.45) is 5.92 Å². The van der Waals surface area contributed by atoms with Crippen molar-refractivity contribution < 1.29 is 14.3 Å². The van der Waals surface area contributed by atoms with Gasteiger partial charge in [-0.1, -0.05) is 37.3 Å². The second kappa shape index (κ2) is 9.85. The second-order valence-corrected chi connectivity index (χ2v) is 8.34. The third kappa shape index (κ3) is 5.20. The molecule has 0 aliphatic heterocycles. The Morgan fingerprint density at radius 1 is 1.25 bits per heavy atom. The smallest absolute Gasteiger partial charge is 0.341 e. The van der Waals surface area contributed by atoms with E-state index >= 15 is 0 Å². The number of carbonyl (C=O) groups excluding carboxylic acids is 2. The highest BCUT2D eigenvalue weighted by Crippen LogP contribution is 2.40. The predicted molar refractivity (Wildman–Crippen MR) is 113 cm³/mol. The number of esters is 1. The molecule has 1 aliphatic rings. The van der Waals surface area contributed by atoms with Crippen molar-refractivity contribution in [1.82, 2.24) is 5.32 Å². The van der Waals surface area contributed by atoms with Crippen molar-refractivity contribution in [3.05, 3.63) is 51.9 Å². The highest BCUT2D eigenvalue weighted by atomic mass is 32.1. The molecule has 0 spiro atoms. The van der Waals surface area contributed by atoms with Gasteiger partial charge in [-0.15, -0.1) is 11.3 Å². The van der Waals surface area contributed by atoms with Crippen molar-refractivity contribution in [3.63, 3.8) is 0 Å². The Kier molecular flexibility index (Phi) is 7.23. The topological polar surface area (TPSA) is 67.4 Å². The van der Waals surface area contributed by atoms with E-state index < -0.39 is 0 Å². The van der Waals surface area contributed by atoms with Crippen LogP contribution in [0.2, 0.25) is 0 Å². The number of amides is 1. The Labute approximate surface area is 170 Å². The molecular formula is C22H28N2O3S. The maximum atomic E-state index is 12.5. The van der Waals surface area contributed by atoms with Crippen LogP contribution in [0, 0.1) is 5.92 Å². The number of benzene rings is 1. The molecule has 6 heteroatoms. The van der Waals surface area contributed by atoms with Gasteiger partial charge in [0.25, 0.3) is 0 Å². The quantitative estimate of drug-likeness (QED) is 0.522. The maximum Gasteiger partial charge on any atom is 0.341 e. The number of fused-ring (bicyclic) bond motifs is 1. The molecule has 0 saturated carbocycles. The molecule has 1 aromatic carbocycles. The number of anilines is 1. The van der Waals surface area contributed by atoms with E-state index in [1.54, 1.807) is 6.92 Å². The summed E-state index contributed by atoms with van der Waals surface area (Å²) in [5, 5.41) is 6.74. The van der Waals surface area contributed by atoms with E-state index in [9.17, 15) is 9.59 Å². The van der Waals surface area contributed by atoms with Crippen molar-refractivity contribution >= 4 is 28.2 Å². The lowest BCUT2D eigenvalue weighted by atomic mass is 9.88. The van der Waals surface area contributed by atoms with Crippen LogP contribution in [0.3, 0.4) is 0 Å². The van der Waals surface area contributed by atoms with Gasteiger partial charge in [-0.25, -0.2) is 4.79 Å². The summed E-state index contributed by atoms with van der Waals surface area (Å²) in [7, 11) is 0. The van der Waals surface area contributed by atoms with Crippen molar-refractivity contribution in [1.29, 1.82) is 0 Å². The molecule has 1 heterocycles. The third-order valence-electron chi connectivity index (χ3n) is 4.96. The van der Waals surface area contributed by atoms with E-state index in [2.05, 4.69) is 29.7 Å². The van der Waals surface area contributed by atoms with Gasteiger partial charge >= 0.3 is 5.97 Å². The van der Waals surface area contributed by atoms with Crippen LogP contribution in [-0.2, 0) is 28.8 Å². The lowest BCUT2D eigenvalue weighted by Crippen LogP contribution is -2.29. The molecule has 150 valence electrons. The third-order valence-corrected chi connectivity index (χ3v) is 6.13. The fourth-order valence-electron chi connectivity index (χ4n) is 3.51. The number of thiophene rings is 1. The molecule has 28 heavy (non-hydrogen) atoms. The number of ether oxygens (including phenoxy) is 1. The summed E-state index contributed by atoms with van der Waals surface area (Å²) < 4.78 is 5.25. The van der Waals surface area contributed by atoms with Gasteiger partial charge in [-0.2, -0.15) is 0 Å². The van der Waals surface area contributed by atoms with Gasteiger partial charge in [0.1, 0.15) is 5.00 Å². The zero-order valence-electron chi connectivity index (χ0n) is 16.5. The fraction of sp³-hybridized carbons (Fsp3) is 0.455. The van der Waals surface area contributed by atoms with Gasteiger partial charge in [0, 0.05) is 4.88 Å². The molecule has 1 aliphatic carbocycles. The van der Waals surface area contributed by atoms with E-state index in [1.165, 1.54) is 21.8 Å². The van der Waals surface area contributed by atoms with Gasteiger partial charge in [-0.05, 0) is 56.2 Å². The Balaban J connectivity index is 1.60. The summed E-state index contributed by atoms with van der Waals surface area (Å²) in [5.41, 5.74) is 2.86. The number of nitrogens with one attached hydrogen (secondary N) is 2. The molecule has 0 bridgehead atoms. The van der Waals surface area contributed by atoms with Crippen LogP contribution in [0.4, 0.5) is 5.00 Å². The Morgan fingerprint density at radius 2 is 2.04 bits per heavy atom. The van der Waals surface area contributed by atoms with Crippen LogP contribution in [0.25, 0.3) is 0 Å². The highest BCUT2D eigenvalue weighted by molar-refractivity contribution is 7.17. The van der Waals surface area contributed by atoms with E-state index in [4.69, 9.17) is 4.74 Å². The van der Waals surface area contributed by atoms with Gasteiger partial charge in [0.15, 0.2) is 0 Å². The summed E-state index contributed by atoms with van der Waals surface area (Å²) in [6, 6.07) is 10.2. The standard InChI is InChI=1S/C22H28N2O3S/c1-3-27-22(26)20-17-10-9-15(2)13-18(17)28-21(20)24-19(25)14-23-12-11-16-7-5-4-6-8-16/h4-8,15,23H,3,9-14H2,1-2H3,(H,24,25)/t15-/m0/s1. The van der Waals surface area contributed by atoms with Crippen LogP contribution in [0.15, 0.2) is 30.3 Å². The summed E-state index contributed by atoms with van der Waals surface area (Å²) >= 11 is 1.52. The zero-order chi connectivity index (χ0) is 19.9. The Hall–Kier alpha value is -2.18. The van der Waals surface area contributed by atoms with Crippen molar-refractivity contribution in [3.8, 4) is 0 Å². The normalized spacial score (nSPS) is 15.7.